The van der Waals surface area contributed by atoms with Crippen molar-refractivity contribution in [1.82, 2.24) is 5.32 Å². The highest BCUT2D eigenvalue weighted by Crippen LogP contribution is 2.15. The molecule has 0 aliphatic heterocycles. The largest absolute Gasteiger partial charge is 0.348 e. The SMILES string of the molecule is CC[C@@H](NC(=O)[C@@H](C)N)c1ccccc1.Cl. The summed E-state index contributed by atoms with van der Waals surface area (Å²) in [6.07, 6.45) is 0.864. The molecule has 0 aromatic heterocycles. The second-order valence-corrected chi connectivity index (χ2v) is 3.67. The summed E-state index contributed by atoms with van der Waals surface area (Å²) in [7, 11) is 0. The number of carbonyl (C=O) groups excluding carboxylic acids is 1. The maximum atomic E-state index is 11.4. The molecule has 90 valence electrons. The van der Waals surface area contributed by atoms with Crippen molar-refractivity contribution in [2.24, 2.45) is 5.73 Å². The van der Waals surface area contributed by atoms with Gasteiger partial charge in [0.2, 0.25) is 5.91 Å². The molecule has 4 heteroatoms. The fourth-order valence-corrected chi connectivity index (χ4v) is 1.41. The van der Waals surface area contributed by atoms with E-state index in [1.807, 2.05) is 37.3 Å². The number of carbonyl (C=O) groups is 1. The molecule has 0 fully saturated rings. The van der Waals surface area contributed by atoms with Crippen molar-refractivity contribution in [2.45, 2.75) is 32.4 Å². The van der Waals surface area contributed by atoms with Gasteiger partial charge in [-0.3, -0.25) is 4.79 Å². The highest BCUT2D eigenvalue weighted by molar-refractivity contribution is 5.85. The van der Waals surface area contributed by atoms with Crippen molar-refractivity contribution in [3.05, 3.63) is 35.9 Å². The minimum atomic E-state index is -0.456. The van der Waals surface area contributed by atoms with Crippen LogP contribution in [0.4, 0.5) is 0 Å². The van der Waals surface area contributed by atoms with Gasteiger partial charge in [-0.2, -0.15) is 0 Å². The van der Waals surface area contributed by atoms with Crippen LogP contribution in [0, 0.1) is 0 Å². The van der Waals surface area contributed by atoms with Crippen molar-refractivity contribution < 1.29 is 4.79 Å². The van der Waals surface area contributed by atoms with E-state index in [9.17, 15) is 4.79 Å². The molecule has 1 rings (SSSR count). The first-order valence-corrected chi connectivity index (χ1v) is 5.26. The Morgan fingerprint density at radius 2 is 1.94 bits per heavy atom. The number of hydrogen-bond donors (Lipinski definition) is 2. The van der Waals surface area contributed by atoms with Crippen LogP contribution in [-0.2, 0) is 4.79 Å². The fraction of sp³-hybridized carbons (Fsp3) is 0.417. The minimum Gasteiger partial charge on any atom is -0.348 e. The van der Waals surface area contributed by atoms with Gasteiger partial charge in [0.1, 0.15) is 0 Å². The predicted octanol–water partition coefficient (Wildman–Crippen LogP) is 2.02. The maximum Gasteiger partial charge on any atom is 0.237 e. The van der Waals surface area contributed by atoms with Crippen LogP contribution in [0.3, 0.4) is 0 Å². The standard InChI is InChI=1S/C12H18N2O.ClH/c1-3-11(14-12(15)9(2)13)10-7-5-4-6-8-10;/h4-9,11H,3,13H2,1-2H3,(H,14,15);1H/t9-,11-;/m1./s1. The molecule has 0 bridgehead atoms. The van der Waals surface area contributed by atoms with Gasteiger partial charge in [0.15, 0.2) is 0 Å². The third kappa shape index (κ3) is 4.21. The molecule has 0 radical (unpaired) electrons. The van der Waals surface area contributed by atoms with Crippen LogP contribution >= 0.6 is 12.4 Å². The molecule has 0 aliphatic carbocycles. The van der Waals surface area contributed by atoms with E-state index < -0.39 is 6.04 Å². The zero-order chi connectivity index (χ0) is 11.3. The van der Waals surface area contributed by atoms with E-state index in [-0.39, 0.29) is 24.4 Å². The molecule has 1 amide bonds. The first-order valence-electron chi connectivity index (χ1n) is 5.26. The van der Waals surface area contributed by atoms with Gasteiger partial charge >= 0.3 is 0 Å². The summed E-state index contributed by atoms with van der Waals surface area (Å²) < 4.78 is 0. The van der Waals surface area contributed by atoms with Gasteiger partial charge in [0.05, 0.1) is 12.1 Å². The van der Waals surface area contributed by atoms with E-state index in [1.165, 1.54) is 0 Å². The molecular weight excluding hydrogens is 224 g/mol. The topological polar surface area (TPSA) is 55.1 Å². The Morgan fingerprint density at radius 3 is 2.38 bits per heavy atom. The minimum absolute atomic E-state index is 0. The molecule has 1 aromatic rings. The second kappa shape index (κ2) is 7.25. The molecule has 3 nitrogen and oxygen atoms in total. The summed E-state index contributed by atoms with van der Waals surface area (Å²) >= 11 is 0. The zero-order valence-corrected chi connectivity index (χ0v) is 10.5. The number of halogens is 1. The summed E-state index contributed by atoms with van der Waals surface area (Å²) in [6, 6.07) is 9.52. The molecule has 1 aromatic carbocycles. The Bertz CT molecular complexity index is 314. The van der Waals surface area contributed by atoms with Crippen molar-refractivity contribution >= 4 is 18.3 Å². The van der Waals surface area contributed by atoms with Gasteiger partial charge in [-0.25, -0.2) is 0 Å². The Kier molecular flexibility index (Phi) is 6.77. The number of nitrogens with one attached hydrogen (secondary N) is 1. The molecule has 16 heavy (non-hydrogen) atoms. The van der Waals surface area contributed by atoms with Gasteiger partial charge in [0.25, 0.3) is 0 Å². The lowest BCUT2D eigenvalue weighted by atomic mass is 10.0. The lowest BCUT2D eigenvalue weighted by Crippen LogP contribution is -2.40. The van der Waals surface area contributed by atoms with Crippen LogP contribution in [0.1, 0.15) is 31.9 Å². The lowest BCUT2D eigenvalue weighted by molar-refractivity contribution is -0.122. The number of amides is 1. The Balaban J connectivity index is 0.00000225. The van der Waals surface area contributed by atoms with Crippen molar-refractivity contribution in [2.75, 3.05) is 0 Å². The zero-order valence-electron chi connectivity index (χ0n) is 9.64. The van der Waals surface area contributed by atoms with Crippen molar-refractivity contribution in [1.29, 1.82) is 0 Å². The third-order valence-corrected chi connectivity index (χ3v) is 2.34. The third-order valence-electron chi connectivity index (χ3n) is 2.34. The summed E-state index contributed by atoms with van der Waals surface area (Å²) in [4.78, 5) is 11.4. The fourth-order valence-electron chi connectivity index (χ4n) is 1.41. The average Bonchev–Trinajstić information content (AvgIpc) is 2.26. The number of nitrogens with two attached hydrogens (primary N) is 1. The summed E-state index contributed by atoms with van der Waals surface area (Å²) in [6.45, 7) is 3.73. The summed E-state index contributed by atoms with van der Waals surface area (Å²) in [5, 5.41) is 2.92. The number of benzene rings is 1. The van der Waals surface area contributed by atoms with Crippen molar-refractivity contribution in [3.63, 3.8) is 0 Å². The first kappa shape index (κ1) is 14.9. The monoisotopic (exact) mass is 242 g/mol. The molecule has 2 atom stereocenters. The molecule has 0 heterocycles. The van der Waals surface area contributed by atoms with Gasteiger partial charge < -0.3 is 11.1 Å². The smallest absolute Gasteiger partial charge is 0.237 e. The normalized spacial score (nSPS) is 13.4. The summed E-state index contributed by atoms with van der Waals surface area (Å²) in [5.74, 6) is -0.106. The van der Waals surface area contributed by atoms with Crippen LogP contribution < -0.4 is 11.1 Å². The highest BCUT2D eigenvalue weighted by Gasteiger charge is 2.14. The van der Waals surface area contributed by atoms with E-state index in [0.717, 1.165) is 12.0 Å². The molecule has 0 saturated carbocycles. The maximum absolute atomic E-state index is 11.4. The average molecular weight is 243 g/mol. The molecule has 0 saturated heterocycles. The quantitative estimate of drug-likeness (QED) is 0.849. The van der Waals surface area contributed by atoms with E-state index in [2.05, 4.69) is 5.32 Å². The Hall–Kier alpha value is -1.06. The molecular formula is C12H19ClN2O. The molecule has 3 N–H and O–H groups in total. The summed E-state index contributed by atoms with van der Waals surface area (Å²) in [5.41, 5.74) is 6.62. The second-order valence-electron chi connectivity index (χ2n) is 3.67. The Morgan fingerprint density at radius 1 is 1.38 bits per heavy atom. The van der Waals surface area contributed by atoms with Gasteiger partial charge in [0, 0.05) is 0 Å². The van der Waals surface area contributed by atoms with E-state index in [0.29, 0.717) is 0 Å². The van der Waals surface area contributed by atoms with Crippen LogP contribution in [0.25, 0.3) is 0 Å². The van der Waals surface area contributed by atoms with E-state index in [4.69, 9.17) is 5.73 Å². The van der Waals surface area contributed by atoms with Crippen LogP contribution in [0.15, 0.2) is 30.3 Å². The van der Waals surface area contributed by atoms with Gasteiger partial charge in [-0.1, -0.05) is 37.3 Å². The number of hydrogen-bond acceptors (Lipinski definition) is 2. The number of rotatable bonds is 4. The van der Waals surface area contributed by atoms with Gasteiger partial charge in [-0.15, -0.1) is 12.4 Å². The van der Waals surface area contributed by atoms with Crippen LogP contribution in [-0.4, -0.2) is 11.9 Å². The van der Waals surface area contributed by atoms with E-state index >= 15 is 0 Å². The predicted molar refractivity (Wildman–Crippen MR) is 68.5 cm³/mol. The molecule has 0 aliphatic rings. The molecule has 0 unspecified atom stereocenters. The van der Waals surface area contributed by atoms with Crippen LogP contribution in [0.5, 0.6) is 0 Å². The Labute approximate surface area is 103 Å². The van der Waals surface area contributed by atoms with E-state index in [1.54, 1.807) is 6.92 Å². The highest BCUT2D eigenvalue weighted by atomic mass is 35.5. The van der Waals surface area contributed by atoms with Crippen molar-refractivity contribution in [3.8, 4) is 0 Å². The molecule has 0 spiro atoms. The lowest BCUT2D eigenvalue weighted by Gasteiger charge is -2.18. The first-order chi connectivity index (χ1) is 7.15. The van der Waals surface area contributed by atoms with Gasteiger partial charge in [-0.05, 0) is 18.9 Å². The van der Waals surface area contributed by atoms with Crippen LogP contribution in [0.2, 0.25) is 0 Å².